The van der Waals surface area contributed by atoms with Gasteiger partial charge in [0.15, 0.2) is 11.6 Å². The molecule has 18 heavy (non-hydrogen) atoms. The van der Waals surface area contributed by atoms with Crippen molar-refractivity contribution in [3.8, 4) is 5.69 Å². The molecule has 0 aliphatic carbocycles. The highest BCUT2D eigenvalue weighted by molar-refractivity contribution is 6.30. The average Bonchev–Trinajstić information content (AvgIpc) is 2.73. The van der Waals surface area contributed by atoms with E-state index in [1.54, 1.807) is 35.1 Å². The van der Waals surface area contributed by atoms with Crippen molar-refractivity contribution in [1.29, 1.82) is 0 Å². The third kappa shape index (κ3) is 1.84. The van der Waals surface area contributed by atoms with Crippen LogP contribution in [-0.2, 0) is 0 Å². The summed E-state index contributed by atoms with van der Waals surface area (Å²) in [6.45, 7) is 0. The fourth-order valence-corrected chi connectivity index (χ4v) is 1.87. The molecular weight excluding hydrogens is 258 g/mol. The van der Waals surface area contributed by atoms with Crippen LogP contribution in [0.25, 0.3) is 16.6 Å². The first kappa shape index (κ1) is 11.2. The highest BCUT2D eigenvalue weighted by Gasteiger charge is 2.08. The van der Waals surface area contributed by atoms with Gasteiger partial charge < -0.3 is 0 Å². The van der Waals surface area contributed by atoms with E-state index in [9.17, 15) is 8.78 Å². The summed E-state index contributed by atoms with van der Waals surface area (Å²) in [6, 6.07) is 9.22. The van der Waals surface area contributed by atoms with Gasteiger partial charge in [0.2, 0.25) is 0 Å². The van der Waals surface area contributed by atoms with E-state index in [0.29, 0.717) is 15.9 Å². The van der Waals surface area contributed by atoms with E-state index in [-0.39, 0.29) is 0 Å². The quantitative estimate of drug-likeness (QED) is 0.651. The van der Waals surface area contributed by atoms with Crippen molar-refractivity contribution in [2.45, 2.75) is 0 Å². The maximum absolute atomic E-state index is 13.1. The molecule has 0 spiro atoms. The molecule has 0 N–H and O–H groups in total. The summed E-state index contributed by atoms with van der Waals surface area (Å²) < 4.78 is 27.7. The molecule has 0 amide bonds. The Hall–Kier alpha value is -1.94. The first-order chi connectivity index (χ1) is 8.63. The summed E-state index contributed by atoms with van der Waals surface area (Å²) in [7, 11) is 0. The maximum atomic E-state index is 13.1. The predicted molar refractivity (Wildman–Crippen MR) is 66.0 cm³/mol. The molecule has 3 rings (SSSR count). The van der Waals surface area contributed by atoms with E-state index in [4.69, 9.17) is 11.6 Å². The number of hydrogen-bond acceptors (Lipinski definition) is 1. The molecule has 0 radical (unpaired) electrons. The molecule has 3 aromatic rings. The smallest absolute Gasteiger partial charge is 0.161 e. The molecule has 5 heteroatoms. The number of benzene rings is 2. The Morgan fingerprint density at radius 3 is 2.39 bits per heavy atom. The van der Waals surface area contributed by atoms with Gasteiger partial charge in [-0.2, -0.15) is 5.10 Å². The molecule has 2 nitrogen and oxygen atoms in total. The second-order valence-corrected chi connectivity index (χ2v) is 4.31. The van der Waals surface area contributed by atoms with Crippen molar-refractivity contribution in [1.82, 2.24) is 9.78 Å². The van der Waals surface area contributed by atoms with Crippen LogP contribution in [0.1, 0.15) is 0 Å². The number of halogens is 3. The summed E-state index contributed by atoms with van der Waals surface area (Å²) in [5.74, 6) is -1.78. The maximum Gasteiger partial charge on any atom is 0.161 e. The summed E-state index contributed by atoms with van der Waals surface area (Å²) in [4.78, 5) is 0. The highest BCUT2D eigenvalue weighted by Crippen LogP contribution is 2.20. The van der Waals surface area contributed by atoms with Crippen molar-refractivity contribution in [2.24, 2.45) is 0 Å². The van der Waals surface area contributed by atoms with Crippen molar-refractivity contribution in [3.05, 3.63) is 59.3 Å². The Bertz CT molecular complexity index is 681. The number of rotatable bonds is 1. The van der Waals surface area contributed by atoms with Crippen molar-refractivity contribution in [2.75, 3.05) is 0 Å². The van der Waals surface area contributed by atoms with Crippen LogP contribution < -0.4 is 0 Å². The van der Waals surface area contributed by atoms with Crippen molar-refractivity contribution in [3.63, 3.8) is 0 Å². The molecular formula is C13H7ClF2N2. The molecule has 0 unspecified atom stereocenters. The van der Waals surface area contributed by atoms with Crippen LogP contribution in [0.2, 0.25) is 5.02 Å². The Balaban J connectivity index is 2.16. The summed E-state index contributed by atoms with van der Waals surface area (Å²) >= 11 is 5.79. The van der Waals surface area contributed by atoms with Gasteiger partial charge >= 0.3 is 0 Å². The standard InChI is InChI=1S/C13H7ClF2N2/c14-9-1-3-10(4-2-9)18-7-8-5-11(15)12(16)6-13(8)17-18/h1-7H. The third-order valence-corrected chi connectivity index (χ3v) is 2.89. The normalized spacial score (nSPS) is 11.1. The lowest BCUT2D eigenvalue weighted by atomic mass is 10.2. The zero-order valence-electron chi connectivity index (χ0n) is 9.07. The minimum atomic E-state index is -0.899. The summed E-state index contributed by atoms with van der Waals surface area (Å²) in [5, 5.41) is 5.34. The van der Waals surface area contributed by atoms with Crippen LogP contribution in [-0.4, -0.2) is 9.78 Å². The molecule has 0 saturated heterocycles. The van der Waals surface area contributed by atoms with Crippen LogP contribution in [0, 0.1) is 11.6 Å². The van der Waals surface area contributed by atoms with Gasteiger partial charge in [-0.05, 0) is 30.3 Å². The fraction of sp³-hybridized carbons (Fsp3) is 0. The molecule has 90 valence electrons. The van der Waals surface area contributed by atoms with Gasteiger partial charge in [-0.3, -0.25) is 0 Å². The molecule has 0 aliphatic rings. The lowest BCUT2D eigenvalue weighted by Crippen LogP contribution is -1.93. The number of fused-ring (bicyclic) bond motifs is 1. The van der Waals surface area contributed by atoms with Crippen LogP contribution >= 0.6 is 11.6 Å². The molecule has 1 aromatic heterocycles. The highest BCUT2D eigenvalue weighted by atomic mass is 35.5. The Morgan fingerprint density at radius 2 is 1.67 bits per heavy atom. The van der Waals surface area contributed by atoms with Crippen LogP contribution in [0.3, 0.4) is 0 Å². The van der Waals surface area contributed by atoms with Gasteiger partial charge in [0.1, 0.15) is 0 Å². The van der Waals surface area contributed by atoms with Gasteiger partial charge in [-0.1, -0.05) is 11.6 Å². The lowest BCUT2D eigenvalue weighted by Gasteiger charge is -1.99. The molecule has 0 fully saturated rings. The largest absolute Gasteiger partial charge is 0.240 e. The van der Waals surface area contributed by atoms with E-state index in [1.165, 1.54) is 0 Å². The fourth-order valence-electron chi connectivity index (χ4n) is 1.74. The van der Waals surface area contributed by atoms with Crippen molar-refractivity contribution >= 4 is 22.5 Å². The van der Waals surface area contributed by atoms with E-state index in [0.717, 1.165) is 17.8 Å². The number of nitrogens with zero attached hydrogens (tertiary/aromatic N) is 2. The SMILES string of the molecule is Fc1cc2cn(-c3ccc(Cl)cc3)nc2cc1F. The van der Waals surface area contributed by atoms with Crippen LogP contribution in [0.15, 0.2) is 42.6 Å². The second-order valence-electron chi connectivity index (χ2n) is 3.88. The van der Waals surface area contributed by atoms with Crippen molar-refractivity contribution < 1.29 is 8.78 Å². The zero-order valence-corrected chi connectivity index (χ0v) is 9.83. The third-order valence-electron chi connectivity index (χ3n) is 2.64. The molecule has 0 bridgehead atoms. The average molecular weight is 265 g/mol. The number of aromatic nitrogens is 2. The van der Waals surface area contributed by atoms with E-state index < -0.39 is 11.6 Å². The summed E-state index contributed by atoms with van der Waals surface area (Å²) in [5.41, 5.74) is 1.18. The second kappa shape index (κ2) is 4.07. The Kier molecular flexibility index (Phi) is 2.52. The van der Waals surface area contributed by atoms with Crippen LogP contribution in [0.4, 0.5) is 8.78 Å². The minimum absolute atomic E-state index is 0.406. The lowest BCUT2D eigenvalue weighted by molar-refractivity contribution is 0.511. The first-order valence-electron chi connectivity index (χ1n) is 5.24. The van der Waals surface area contributed by atoms with E-state index in [1.807, 2.05) is 0 Å². The number of hydrogen-bond donors (Lipinski definition) is 0. The van der Waals surface area contributed by atoms with E-state index >= 15 is 0 Å². The van der Waals surface area contributed by atoms with Gasteiger partial charge in [-0.25, -0.2) is 13.5 Å². The van der Waals surface area contributed by atoms with Crippen LogP contribution in [0.5, 0.6) is 0 Å². The summed E-state index contributed by atoms with van der Waals surface area (Å²) in [6.07, 6.45) is 1.64. The van der Waals surface area contributed by atoms with Gasteiger partial charge in [0, 0.05) is 22.7 Å². The molecule has 0 saturated carbocycles. The molecule has 2 aromatic carbocycles. The topological polar surface area (TPSA) is 17.8 Å². The zero-order chi connectivity index (χ0) is 12.7. The van der Waals surface area contributed by atoms with Gasteiger partial charge in [0.25, 0.3) is 0 Å². The van der Waals surface area contributed by atoms with Gasteiger partial charge in [0.05, 0.1) is 11.2 Å². The van der Waals surface area contributed by atoms with E-state index in [2.05, 4.69) is 5.10 Å². The Morgan fingerprint density at radius 1 is 1.00 bits per heavy atom. The Labute approximate surface area is 106 Å². The first-order valence-corrected chi connectivity index (χ1v) is 5.62. The molecule has 0 aliphatic heterocycles. The predicted octanol–water partition coefficient (Wildman–Crippen LogP) is 3.96. The molecule has 0 atom stereocenters. The monoisotopic (exact) mass is 264 g/mol. The molecule has 1 heterocycles. The minimum Gasteiger partial charge on any atom is -0.240 e. The van der Waals surface area contributed by atoms with Gasteiger partial charge in [-0.15, -0.1) is 0 Å².